The number of hydrogen-bond acceptors (Lipinski definition) is 5. The van der Waals surface area contributed by atoms with Crippen molar-refractivity contribution in [2.75, 3.05) is 20.3 Å². The molecule has 2 aromatic rings. The highest BCUT2D eigenvalue weighted by Gasteiger charge is 1.98. The van der Waals surface area contributed by atoms with Crippen molar-refractivity contribution in [1.29, 1.82) is 0 Å². The molecular weight excluding hydrogens is 242 g/mol. The van der Waals surface area contributed by atoms with Gasteiger partial charge >= 0.3 is 0 Å². The van der Waals surface area contributed by atoms with Gasteiger partial charge in [-0.15, -0.1) is 0 Å². The van der Waals surface area contributed by atoms with Crippen LogP contribution in [-0.2, 0) is 6.54 Å². The van der Waals surface area contributed by atoms with E-state index in [4.69, 9.17) is 9.47 Å². The van der Waals surface area contributed by atoms with Crippen LogP contribution >= 0.6 is 0 Å². The fourth-order valence-electron chi connectivity index (χ4n) is 1.51. The number of aromatic nitrogens is 2. The van der Waals surface area contributed by atoms with Crippen LogP contribution in [0.25, 0.3) is 0 Å². The molecule has 100 valence electrons. The number of nitrogens with one attached hydrogen (secondary N) is 1. The molecule has 0 saturated carbocycles. The van der Waals surface area contributed by atoms with Crippen molar-refractivity contribution in [2.45, 2.75) is 6.54 Å². The molecule has 0 aliphatic carbocycles. The smallest absolute Gasteiger partial charge is 0.232 e. The predicted molar refractivity (Wildman–Crippen MR) is 72.2 cm³/mol. The van der Waals surface area contributed by atoms with E-state index >= 15 is 0 Å². The van der Waals surface area contributed by atoms with Crippen LogP contribution in [0.2, 0.25) is 0 Å². The van der Waals surface area contributed by atoms with Crippen LogP contribution in [0.3, 0.4) is 0 Å². The van der Waals surface area contributed by atoms with Gasteiger partial charge in [0.1, 0.15) is 19.0 Å². The number of benzene rings is 1. The first-order valence-corrected chi connectivity index (χ1v) is 6.14. The number of hydrogen-bond donors (Lipinski definition) is 1. The second kappa shape index (κ2) is 7.33. The first kappa shape index (κ1) is 13.3. The van der Waals surface area contributed by atoms with E-state index < -0.39 is 0 Å². The molecule has 0 atom stereocenters. The van der Waals surface area contributed by atoms with Gasteiger partial charge in [0.25, 0.3) is 0 Å². The third kappa shape index (κ3) is 4.56. The van der Waals surface area contributed by atoms with Crippen LogP contribution < -0.4 is 14.8 Å². The highest BCUT2D eigenvalue weighted by Crippen LogP contribution is 2.08. The minimum absolute atomic E-state index is 0.439. The fraction of sp³-hybridized carbons (Fsp3) is 0.286. The van der Waals surface area contributed by atoms with Gasteiger partial charge in [0.05, 0.1) is 18.1 Å². The normalized spacial score (nSPS) is 10.2. The lowest BCUT2D eigenvalue weighted by molar-refractivity contribution is 0.211. The summed E-state index contributed by atoms with van der Waals surface area (Å²) in [6, 6.07) is 9.63. The molecule has 1 heterocycles. The maximum Gasteiger partial charge on any atom is 0.232 e. The molecule has 0 amide bonds. The van der Waals surface area contributed by atoms with Gasteiger partial charge in [-0.25, -0.2) is 4.98 Å². The van der Waals surface area contributed by atoms with Crippen molar-refractivity contribution >= 4 is 0 Å². The van der Waals surface area contributed by atoms with Crippen LogP contribution in [0.4, 0.5) is 0 Å². The van der Waals surface area contributed by atoms with E-state index in [1.165, 1.54) is 0 Å². The topological polar surface area (TPSA) is 56.3 Å². The Kier molecular flexibility index (Phi) is 5.13. The molecule has 1 aromatic carbocycles. The van der Waals surface area contributed by atoms with Gasteiger partial charge in [0, 0.05) is 6.54 Å². The predicted octanol–water partition coefficient (Wildman–Crippen LogP) is 1.65. The fourth-order valence-corrected chi connectivity index (χ4v) is 1.51. The Hall–Kier alpha value is -2.14. The van der Waals surface area contributed by atoms with Gasteiger partial charge in [0.2, 0.25) is 5.88 Å². The van der Waals surface area contributed by atoms with Crippen LogP contribution in [-0.4, -0.2) is 30.2 Å². The SMILES string of the molecule is CNCc1cnc(OCCOc2ccccc2)cn1. The van der Waals surface area contributed by atoms with Crippen molar-refractivity contribution in [2.24, 2.45) is 0 Å². The average molecular weight is 259 g/mol. The number of para-hydroxylation sites is 1. The van der Waals surface area contributed by atoms with E-state index in [0.29, 0.717) is 25.6 Å². The van der Waals surface area contributed by atoms with Gasteiger partial charge in [-0.2, -0.15) is 0 Å². The highest BCUT2D eigenvalue weighted by atomic mass is 16.5. The maximum atomic E-state index is 5.51. The summed E-state index contributed by atoms with van der Waals surface area (Å²) in [5.41, 5.74) is 0.885. The minimum Gasteiger partial charge on any atom is -0.490 e. The molecule has 1 aromatic heterocycles. The molecule has 0 saturated heterocycles. The van der Waals surface area contributed by atoms with Crippen LogP contribution in [0, 0.1) is 0 Å². The zero-order valence-electron chi connectivity index (χ0n) is 10.9. The standard InChI is InChI=1S/C14H17N3O2/c1-15-9-12-10-17-14(11-16-12)19-8-7-18-13-5-3-2-4-6-13/h2-6,10-11,15H,7-9H2,1H3. The Labute approximate surface area is 112 Å². The molecule has 5 nitrogen and oxygen atoms in total. The van der Waals surface area contributed by atoms with E-state index in [2.05, 4.69) is 15.3 Å². The summed E-state index contributed by atoms with van der Waals surface area (Å²) in [6.45, 7) is 1.61. The second-order valence-electron chi connectivity index (χ2n) is 3.89. The summed E-state index contributed by atoms with van der Waals surface area (Å²) >= 11 is 0. The largest absolute Gasteiger partial charge is 0.490 e. The lowest BCUT2D eigenvalue weighted by Crippen LogP contribution is -2.11. The summed E-state index contributed by atoms with van der Waals surface area (Å²) in [5.74, 6) is 1.35. The van der Waals surface area contributed by atoms with Crippen LogP contribution in [0.5, 0.6) is 11.6 Å². The van der Waals surface area contributed by atoms with E-state index in [1.54, 1.807) is 12.4 Å². The lowest BCUT2D eigenvalue weighted by Gasteiger charge is -2.07. The van der Waals surface area contributed by atoms with Gasteiger partial charge in [-0.3, -0.25) is 4.98 Å². The molecular formula is C14H17N3O2. The van der Waals surface area contributed by atoms with Crippen molar-refractivity contribution in [3.63, 3.8) is 0 Å². The number of ether oxygens (including phenoxy) is 2. The van der Waals surface area contributed by atoms with Crippen LogP contribution in [0.15, 0.2) is 42.7 Å². The summed E-state index contributed by atoms with van der Waals surface area (Å²) in [6.07, 6.45) is 3.32. The first-order valence-electron chi connectivity index (χ1n) is 6.14. The van der Waals surface area contributed by atoms with Crippen LogP contribution in [0.1, 0.15) is 5.69 Å². The Morgan fingerprint density at radius 2 is 1.79 bits per heavy atom. The third-order valence-corrected chi connectivity index (χ3v) is 2.38. The first-order chi connectivity index (χ1) is 9.38. The lowest BCUT2D eigenvalue weighted by atomic mass is 10.3. The molecule has 19 heavy (non-hydrogen) atoms. The number of rotatable bonds is 7. The summed E-state index contributed by atoms with van der Waals surface area (Å²) in [7, 11) is 1.87. The van der Waals surface area contributed by atoms with Crippen molar-refractivity contribution in [3.8, 4) is 11.6 Å². The van der Waals surface area contributed by atoms with E-state index in [1.807, 2.05) is 37.4 Å². The van der Waals surface area contributed by atoms with Gasteiger partial charge < -0.3 is 14.8 Å². The molecule has 0 aliphatic rings. The van der Waals surface area contributed by atoms with Crippen molar-refractivity contribution < 1.29 is 9.47 Å². The van der Waals surface area contributed by atoms with E-state index in [0.717, 1.165) is 11.4 Å². The second-order valence-corrected chi connectivity index (χ2v) is 3.89. The zero-order valence-corrected chi connectivity index (χ0v) is 10.9. The number of nitrogens with zero attached hydrogens (tertiary/aromatic N) is 2. The van der Waals surface area contributed by atoms with Crippen molar-refractivity contribution in [1.82, 2.24) is 15.3 Å². The molecule has 0 radical (unpaired) electrons. The molecule has 5 heteroatoms. The Morgan fingerprint density at radius 3 is 2.47 bits per heavy atom. The Balaban J connectivity index is 1.70. The molecule has 0 fully saturated rings. The monoisotopic (exact) mass is 259 g/mol. The van der Waals surface area contributed by atoms with Gasteiger partial charge in [0.15, 0.2) is 0 Å². The molecule has 0 unspecified atom stereocenters. The molecule has 2 rings (SSSR count). The summed E-state index contributed by atoms with van der Waals surface area (Å²) < 4.78 is 10.9. The average Bonchev–Trinajstić information content (AvgIpc) is 2.47. The van der Waals surface area contributed by atoms with E-state index in [-0.39, 0.29) is 0 Å². The molecule has 0 aliphatic heterocycles. The van der Waals surface area contributed by atoms with E-state index in [9.17, 15) is 0 Å². The quantitative estimate of drug-likeness (QED) is 0.766. The molecule has 0 bridgehead atoms. The van der Waals surface area contributed by atoms with Gasteiger partial charge in [-0.1, -0.05) is 18.2 Å². The summed E-state index contributed by atoms with van der Waals surface area (Å²) in [5, 5.41) is 3.01. The Morgan fingerprint density at radius 1 is 1.00 bits per heavy atom. The molecule has 0 spiro atoms. The van der Waals surface area contributed by atoms with Crippen molar-refractivity contribution in [3.05, 3.63) is 48.4 Å². The maximum absolute atomic E-state index is 5.51. The highest BCUT2D eigenvalue weighted by molar-refractivity contribution is 5.20. The zero-order chi connectivity index (χ0) is 13.3. The summed E-state index contributed by atoms with van der Waals surface area (Å²) in [4.78, 5) is 8.38. The Bertz CT molecular complexity index is 474. The third-order valence-electron chi connectivity index (χ3n) is 2.38. The van der Waals surface area contributed by atoms with Gasteiger partial charge in [-0.05, 0) is 19.2 Å². The minimum atomic E-state index is 0.439. The molecule has 1 N–H and O–H groups in total.